The first kappa shape index (κ1) is 21.3. The van der Waals surface area contributed by atoms with Crippen molar-refractivity contribution >= 4 is 6.21 Å². The Balaban J connectivity index is 1.88. The van der Waals surface area contributed by atoms with Crippen molar-refractivity contribution in [2.75, 3.05) is 13.1 Å². The fraction of sp³-hybridized carbons (Fsp3) is 0.708. The highest BCUT2D eigenvalue weighted by molar-refractivity contribution is 5.78. The van der Waals surface area contributed by atoms with Crippen molar-refractivity contribution in [1.82, 2.24) is 10.2 Å². The molecule has 0 radical (unpaired) electrons. The van der Waals surface area contributed by atoms with Gasteiger partial charge >= 0.3 is 0 Å². The lowest BCUT2D eigenvalue weighted by Crippen LogP contribution is -2.65. The van der Waals surface area contributed by atoms with Crippen LogP contribution in [0.1, 0.15) is 66.7 Å². The number of nitrogens with zero attached hydrogens (tertiary/aromatic N) is 2. The zero-order valence-corrected chi connectivity index (χ0v) is 18.5. The third-order valence-corrected chi connectivity index (χ3v) is 7.11. The van der Waals surface area contributed by atoms with Crippen molar-refractivity contribution in [2.45, 2.75) is 90.4 Å². The van der Waals surface area contributed by atoms with Crippen LogP contribution in [0.25, 0.3) is 0 Å². The standard InChI is InChI=1S/C24H40N4/c1-17-13-19(3)23(26-15-17)21-9-8-10-22(28(21)12-7-6-11-25)24(5)20(4)14-18(2)16-27-24/h13-16,19,21-23,27H,6-12,25H2,1-5H3/t19?,21-,22?,23?,24?/m1/s1. The van der Waals surface area contributed by atoms with Crippen molar-refractivity contribution < 1.29 is 0 Å². The zero-order chi connectivity index (χ0) is 20.3. The molecule has 0 aromatic carbocycles. The number of nitrogens with one attached hydrogen (secondary N) is 1. The Morgan fingerprint density at radius 3 is 2.68 bits per heavy atom. The molecule has 1 saturated heterocycles. The summed E-state index contributed by atoms with van der Waals surface area (Å²) in [6, 6.07) is 1.35. The van der Waals surface area contributed by atoms with Gasteiger partial charge in [-0.05, 0) is 89.1 Å². The molecule has 4 heteroatoms. The maximum atomic E-state index is 5.82. The van der Waals surface area contributed by atoms with Gasteiger partial charge in [0.15, 0.2) is 0 Å². The average Bonchev–Trinajstić information content (AvgIpc) is 2.66. The number of hydrogen-bond donors (Lipinski definition) is 2. The number of rotatable bonds is 6. The van der Waals surface area contributed by atoms with Gasteiger partial charge in [0.2, 0.25) is 0 Å². The Morgan fingerprint density at radius 1 is 1.21 bits per heavy atom. The Labute approximate surface area is 172 Å². The van der Waals surface area contributed by atoms with Crippen molar-refractivity contribution in [3.63, 3.8) is 0 Å². The highest BCUT2D eigenvalue weighted by atomic mass is 15.3. The minimum absolute atomic E-state index is 0.0196. The lowest BCUT2D eigenvalue weighted by molar-refractivity contribution is 0.0230. The molecule has 0 spiro atoms. The molecule has 0 saturated carbocycles. The van der Waals surface area contributed by atoms with E-state index in [4.69, 9.17) is 10.7 Å². The first-order valence-corrected chi connectivity index (χ1v) is 11.2. The van der Waals surface area contributed by atoms with Gasteiger partial charge in [0, 0.05) is 24.5 Å². The van der Waals surface area contributed by atoms with Crippen LogP contribution in [-0.4, -0.2) is 47.9 Å². The van der Waals surface area contributed by atoms with Crippen molar-refractivity contribution in [1.29, 1.82) is 0 Å². The van der Waals surface area contributed by atoms with Gasteiger partial charge in [-0.15, -0.1) is 0 Å². The first-order valence-electron chi connectivity index (χ1n) is 11.2. The summed E-state index contributed by atoms with van der Waals surface area (Å²) < 4.78 is 0. The van der Waals surface area contributed by atoms with Crippen molar-refractivity contribution in [3.8, 4) is 0 Å². The van der Waals surface area contributed by atoms with Crippen LogP contribution < -0.4 is 11.1 Å². The molecule has 0 bridgehead atoms. The molecule has 156 valence electrons. The predicted molar refractivity (Wildman–Crippen MR) is 121 cm³/mol. The normalized spacial score (nSPS) is 36.4. The second-order valence-corrected chi connectivity index (χ2v) is 9.35. The van der Waals surface area contributed by atoms with Crippen LogP contribution >= 0.6 is 0 Å². The molecular weight excluding hydrogens is 344 g/mol. The SMILES string of the molecule is CC1=CNC(C)(C2CCC[C@H](C3N=CC(C)=CC3C)N2CCCCN)C(C)=C1. The second kappa shape index (κ2) is 8.96. The number of likely N-dealkylation sites (tertiary alicyclic amines) is 1. The van der Waals surface area contributed by atoms with Gasteiger partial charge in [0.25, 0.3) is 0 Å². The number of aliphatic imine (C=N–C) groups is 1. The van der Waals surface area contributed by atoms with E-state index in [0.717, 1.165) is 25.9 Å². The number of dihydropyridines is 2. The van der Waals surface area contributed by atoms with Gasteiger partial charge in [-0.2, -0.15) is 0 Å². The summed E-state index contributed by atoms with van der Waals surface area (Å²) >= 11 is 0. The van der Waals surface area contributed by atoms with Gasteiger partial charge in [-0.3, -0.25) is 9.89 Å². The molecule has 3 aliphatic heterocycles. The van der Waals surface area contributed by atoms with Crippen LogP contribution in [0.5, 0.6) is 0 Å². The van der Waals surface area contributed by atoms with Crippen LogP contribution in [0.4, 0.5) is 0 Å². The molecule has 0 amide bonds. The van der Waals surface area contributed by atoms with E-state index in [1.165, 1.54) is 36.0 Å². The third-order valence-electron chi connectivity index (χ3n) is 7.11. The largest absolute Gasteiger partial charge is 0.380 e. The summed E-state index contributed by atoms with van der Waals surface area (Å²) in [5, 5.41) is 3.78. The summed E-state index contributed by atoms with van der Waals surface area (Å²) in [5.74, 6) is 0.497. The number of piperidine rings is 1. The van der Waals surface area contributed by atoms with Gasteiger partial charge in [-0.1, -0.05) is 25.5 Å². The highest BCUT2D eigenvalue weighted by Gasteiger charge is 2.46. The monoisotopic (exact) mass is 384 g/mol. The molecule has 3 N–H and O–H groups in total. The smallest absolute Gasteiger partial charge is 0.0714 e. The summed E-state index contributed by atoms with van der Waals surface area (Å²) in [6.07, 6.45) is 15.0. The molecule has 5 atom stereocenters. The number of nitrogens with two attached hydrogens (primary N) is 1. The van der Waals surface area contributed by atoms with E-state index in [1.54, 1.807) is 0 Å². The third kappa shape index (κ3) is 4.28. The Hall–Kier alpha value is -1.39. The first-order chi connectivity index (χ1) is 13.4. The van der Waals surface area contributed by atoms with E-state index in [-0.39, 0.29) is 5.54 Å². The maximum Gasteiger partial charge on any atom is 0.0714 e. The quantitative estimate of drug-likeness (QED) is 0.675. The van der Waals surface area contributed by atoms with Crippen LogP contribution in [-0.2, 0) is 0 Å². The summed E-state index contributed by atoms with van der Waals surface area (Å²) in [6.45, 7) is 13.2. The van der Waals surface area contributed by atoms with E-state index in [9.17, 15) is 0 Å². The molecule has 0 aromatic rings. The molecule has 1 fully saturated rings. The molecule has 4 nitrogen and oxygen atoms in total. The average molecular weight is 385 g/mol. The fourth-order valence-electron chi connectivity index (χ4n) is 5.45. The predicted octanol–water partition coefficient (Wildman–Crippen LogP) is 4.20. The lowest BCUT2D eigenvalue weighted by atomic mass is 9.74. The van der Waals surface area contributed by atoms with Crippen LogP contribution in [0, 0.1) is 5.92 Å². The fourth-order valence-corrected chi connectivity index (χ4v) is 5.45. The topological polar surface area (TPSA) is 53.7 Å². The summed E-state index contributed by atoms with van der Waals surface area (Å²) in [4.78, 5) is 7.82. The molecule has 0 aromatic heterocycles. The van der Waals surface area contributed by atoms with Gasteiger partial charge in [0.05, 0.1) is 11.6 Å². The van der Waals surface area contributed by atoms with E-state index in [1.807, 2.05) is 0 Å². The number of allylic oxidation sites excluding steroid dienone is 3. The van der Waals surface area contributed by atoms with E-state index < -0.39 is 0 Å². The van der Waals surface area contributed by atoms with Gasteiger partial charge in [-0.25, -0.2) is 0 Å². The molecular formula is C24H40N4. The highest BCUT2D eigenvalue weighted by Crippen LogP contribution is 2.39. The zero-order valence-electron chi connectivity index (χ0n) is 18.5. The molecule has 3 heterocycles. The number of unbranched alkanes of at least 4 members (excludes halogenated alkanes) is 1. The minimum Gasteiger partial charge on any atom is -0.380 e. The Kier molecular flexibility index (Phi) is 6.82. The van der Waals surface area contributed by atoms with Crippen LogP contribution in [0.3, 0.4) is 0 Å². The molecule has 3 aliphatic rings. The van der Waals surface area contributed by atoms with Gasteiger partial charge in [0.1, 0.15) is 0 Å². The van der Waals surface area contributed by atoms with Gasteiger partial charge < -0.3 is 11.1 Å². The van der Waals surface area contributed by atoms with Crippen molar-refractivity contribution in [2.24, 2.45) is 16.6 Å². The van der Waals surface area contributed by atoms with Crippen molar-refractivity contribution in [3.05, 3.63) is 35.1 Å². The second-order valence-electron chi connectivity index (χ2n) is 9.35. The summed E-state index contributed by atoms with van der Waals surface area (Å²) in [5.41, 5.74) is 9.85. The summed E-state index contributed by atoms with van der Waals surface area (Å²) in [7, 11) is 0. The molecule has 3 rings (SSSR count). The van der Waals surface area contributed by atoms with E-state index >= 15 is 0 Å². The maximum absolute atomic E-state index is 5.82. The lowest BCUT2D eigenvalue weighted by Gasteiger charge is -2.53. The molecule has 4 unspecified atom stereocenters. The number of hydrogen-bond acceptors (Lipinski definition) is 4. The Morgan fingerprint density at radius 2 is 2.00 bits per heavy atom. The Bertz CT molecular complexity index is 674. The van der Waals surface area contributed by atoms with E-state index in [2.05, 4.69) is 69.4 Å². The van der Waals surface area contributed by atoms with E-state index in [0.29, 0.717) is 24.0 Å². The minimum atomic E-state index is -0.0196. The molecule has 0 aliphatic carbocycles. The van der Waals surface area contributed by atoms with Crippen LogP contribution in [0.15, 0.2) is 40.1 Å². The van der Waals surface area contributed by atoms with Crippen LogP contribution in [0.2, 0.25) is 0 Å². The molecule has 28 heavy (non-hydrogen) atoms.